The van der Waals surface area contributed by atoms with Crippen molar-refractivity contribution in [2.24, 2.45) is 5.41 Å². The lowest BCUT2D eigenvalue weighted by molar-refractivity contribution is -0.125. The third-order valence-corrected chi connectivity index (χ3v) is 18.1. The van der Waals surface area contributed by atoms with Crippen LogP contribution in [0.2, 0.25) is 36.3 Å². The van der Waals surface area contributed by atoms with Crippen LogP contribution in [0.4, 0.5) is 15.0 Å². The van der Waals surface area contributed by atoms with Crippen molar-refractivity contribution >= 4 is 45.6 Å². The number of aromatic nitrogens is 4. The second kappa shape index (κ2) is 12.6. The number of alkyl halides is 1. The molecule has 0 saturated carbocycles. The number of hydrogen-bond donors (Lipinski definition) is 0. The number of carbonyl (C=O) groups excluding carboxylic acids is 2. The fourth-order valence-electron chi connectivity index (χ4n) is 4.31. The van der Waals surface area contributed by atoms with Crippen molar-refractivity contribution in [1.29, 1.82) is 0 Å². The predicted molar refractivity (Wildman–Crippen MR) is 183 cm³/mol. The summed E-state index contributed by atoms with van der Waals surface area (Å²) in [7, 11) is -4.62. The number of fused-ring (bicyclic) bond motifs is 1. The van der Waals surface area contributed by atoms with Gasteiger partial charge in [-0.2, -0.15) is 4.90 Å². The number of rotatable bonds is 7. The number of imidazole rings is 1. The van der Waals surface area contributed by atoms with Crippen molar-refractivity contribution < 1.29 is 32.3 Å². The van der Waals surface area contributed by atoms with E-state index in [1.165, 1.54) is 17.2 Å². The average molecular weight is 682 g/mol. The van der Waals surface area contributed by atoms with E-state index in [2.05, 4.69) is 82.7 Å². The molecule has 2 aromatic rings. The highest BCUT2D eigenvalue weighted by Crippen LogP contribution is 2.44. The smallest absolute Gasteiger partial charge is 0.423 e. The van der Waals surface area contributed by atoms with Crippen LogP contribution < -0.4 is 4.90 Å². The quantitative estimate of drug-likeness (QED) is 0.270. The lowest BCUT2D eigenvalue weighted by Crippen LogP contribution is -2.50. The van der Waals surface area contributed by atoms with Crippen molar-refractivity contribution in [3.63, 3.8) is 0 Å². The van der Waals surface area contributed by atoms with E-state index in [4.69, 9.17) is 18.3 Å². The largest absolute Gasteiger partial charge is 0.443 e. The summed E-state index contributed by atoms with van der Waals surface area (Å²) in [5.74, 6) is -0.597. The Hall–Kier alpha value is -2.27. The van der Waals surface area contributed by atoms with Gasteiger partial charge in [-0.3, -0.25) is 9.36 Å². The zero-order chi connectivity index (χ0) is 35.4. The minimum Gasteiger partial charge on any atom is -0.443 e. The summed E-state index contributed by atoms with van der Waals surface area (Å²) < 4.78 is 43.4. The molecule has 11 nitrogen and oxygen atoms in total. The van der Waals surface area contributed by atoms with Crippen LogP contribution in [0.5, 0.6) is 0 Å². The van der Waals surface area contributed by atoms with Crippen molar-refractivity contribution in [2.75, 3.05) is 11.5 Å². The Morgan fingerprint density at radius 2 is 1.48 bits per heavy atom. The molecule has 2 amide bonds. The van der Waals surface area contributed by atoms with Gasteiger partial charge in [-0.25, -0.2) is 24.1 Å². The van der Waals surface area contributed by atoms with Crippen LogP contribution in [-0.2, 0) is 23.1 Å². The van der Waals surface area contributed by atoms with Gasteiger partial charge in [0, 0.05) is 5.41 Å². The van der Waals surface area contributed by atoms with Gasteiger partial charge >= 0.3 is 6.09 Å². The summed E-state index contributed by atoms with van der Waals surface area (Å²) >= 11 is 0. The highest BCUT2D eigenvalue weighted by Gasteiger charge is 2.52. The minimum absolute atomic E-state index is 0.0473. The summed E-state index contributed by atoms with van der Waals surface area (Å²) in [4.78, 5) is 41.0. The highest BCUT2D eigenvalue weighted by molar-refractivity contribution is 6.74. The first-order chi connectivity index (χ1) is 20.6. The zero-order valence-corrected chi connectivity index (χ0v) is 32.7. The van der Waals surface area contributed by atoms with Gasteiger partial charge in [0.05, 0.1) is 12.9 Å². The third-order valence-electron chi connectivity index (χ3n) is 9.16. The van der Waals surface area contributed by atoms with Gasteiger partial charge in [0.25, 0.3) is 0 Å². The van der Waals surface area contributed by atoms with E-state index in [0.29, 0.717) is 0 Å². The first-order valence-corrected chi connectivity index (χ1v) is 21.8. The standard InChI is InChI=1S/C32H56FN5O6Si2/c1-29(2,3)27(39)38(28(40)43-30(4,5)6)25-22-24(34-18-35-25)37(19-36-22)26-21(33)23(44-46(15,16)32(10,11)12)20(42-26)17-41-45(13,14)31(7,8)9/h18-21,23,26H,17H2,1-16H3/t20-,21+,23-,26+/m1/s1. The summed E-state index contributed by atoms with van der Waals surface area (Å²) in [5, 5.41) is -0.210. The first-order valence-electron chi connectivity index (χ1n) is 16.0. The number of imide groups is 1. The van der Waals surface area contributed by atoms with Gasteiger partial charge in [0.2, 0.25) is 5.91 Å². The summed E-state index contributed by atoms with van der Waals surface area (Å²) in [6.07, 6.45) is -2.60. The molecule has 14 heteroatoms. The fourth-order valence-corrected chi connectivity index (χ4v) is 6.64. The molecule has 0 aliphatic carbocycles. The second-order valence-electron chi connectivity index (χ2n) is 17.3. The van der Waals surface area contributed by atoms with Gasteiger partial charge in [0.15, 0.2) is 46.0 Å². The van der Waals surface area contributed by atoms with Crippen molar-refractivity contribution in [2.45, 2.75) is 150 Å². The van der Waals surface area contributed by atoms with Crippen LogP contribution in [0.3, 0.4) is 0 Å². The number of anilines is 1. The summed E-state index contributed by atoms with van der Waals surface area (Å²) in [6, 6.07) is 0. The number of hydrogen-bond acceptors (Lipinski definition) is 9. The molecule has 4 atom stereocenters. The lowest BCUT2D eigenvalue weighted by Gasteiger charge is -2.40. The van der Waals surface area contributed by atoms with Crippen LogP contribution in [0.1, 0.15) is 89.3 Å². The van der Waals surface area contributed by atoms with Crippen LogP contribution in [-0.4, -0.2) is 78.7 Å². The van der Waals surface area contributed by atoms with Crippen LogP contribution in [0.25, 0.3) is 11.2 Å². The SMILES string of the molecule is CC(C)(C)OC(=O)N(C(=O)C(C)(C)C)c1ncnc2c1ncn2[C@H]1O[C@H](CO[Si](C)(C)C(C)(C)C)[C@@H](O[Si](C)(C)C(C)(C)C)[C@@H]1F. The molecule has 2 aromatic heterocycles. The normalized spacial score (nSPS) is 21.9. The molecule has 0 N–H and O–H groups in total. The second-order valence-corrected chi connectivity index (χ2v) is 26.9. The third kappa shape index (κ3) is 8.05. The van der Waals surface area contributed by atoms with Crippen LogP contribution in [0, 0.1) is 5.41 Å². The maximum Gasteiger partial charge on any atom is 0.423 e. The van der Waals surface area contributed by atoms with E-state index in [0.717, 1.165) is 4.90 Å². The zero-order valence-electron chi connectivity index (χ0n) is 30.7. The maximum absolute atomic E-state index is 16.7. The molecule has 1 fully saturated rings. The molecule has 0 bridgehead atoms. The number of carbonyl (C=O) groups is 2. The highest BCUT2D eigenvalue weighted by atomic mass is 28.4. The van der Waals surface area contributed by atoms with Crippen LogP contribution in [0.15, 0.2) is 12.7 Å². The van der Waals surface area contributed by atoms with E-state index in [-0.39, 0.29) is 33.7 Å². The molecule has 3 heterocycles. The monoisotopic (exact) mass is 681 g/mol. The van der Waals surface area contributed by atoms with Crippen molar-refractivity contribution in [3.8, 4) is 0 Å². The first kappa shape index (κ1) is 38.2. The molecule has 0 radical (unpaired) electrons. The number of ether oxygens (including phenoxy) is 2. The Kier molecular flexibility index (Phi) is 10.5. The molecule has 0 spiro atoms. The molecule has 1 aliphatic rings. The Bertz CT molecular complexity index is 1420. The number of amides is 2. The summed E-state index contributed by atoms with van der Waals surface area (Å²) in [5.41, 5.74) is -1.51. The van der Waals surface area contributed by atoms with Gasteiger partial charge in [-0.1, -0.05) is 62.3 Å². The van der Waals surface area contributed by atoms with Gasteiger partial charge in [-0.15, -0.1) is 0 Å². The molecule has 1 aliphatic heterocycles. The summed E-state index contributed by atoms with van der Waals surface area (Å²) in [6.45, 7) is 31.6. The molecule has 1 saturated heterocycles. The Morgan fingerprint density at radius 1 is 0.913 bits per heavy atom. The Balaban J connectivity index is 2.10. The van der Waals surface area contributed by atoms with E-state index < -0.39 is 64.3 Å². The van der Waals surface area contributed by atoms with E-state index in [9.17, 15) is 9.59 Å². The van der Waals surface area contributed by atoms with Gasteiger partial charge in [0.1, 0.15) is 24.1 Å². The molecular weight excluding hydrogens is 626 g/mol. The molecule has 3 rings (SSSR count). The topological polar surface area (TPSA) is 118 Å². The van der Waals surface area contributed by atoms with E-state index in [1.807, 2.05) is 0 Å². The molecule has 46 heavy (non-hydrogen) atoms. The van der Waals surface area contributed by atoms with Gasteiger partial charge < -0.3 is 18.3 Å². The Labute approximate surface area is 276 Å². The van der Waals surface area contributed by atoms with E-state index >= 15 is 4.39 Å². The van der Waals surface area contributed by atoms with Crippen LogP contribution >= 0.6 is 0 Å². The Morgan fingerprint density at radius 3 is 1.98 bits per heavy atom. The number of halogens is 1. The fraction of sp³-hybridized carbons (Fsp3) is 0.781. The molecule has 0 unspecified atom stereocenters. The molecular formula is C32H56FN5O6Si2. The van der Waals surface area contributed by atoms with Crippen molar-refractivity contribution in [1.82, 2.24) is 19.5 Å². The maximum atomic E-state index is 16.7. The number of nitrogens with zero attached hydrogens (tertiary/aromatic N) is 5. The minimum atomic E-state index is -2.43. The molecule has 0 aromatic carbocycles. The average Bonchev–Trinajstić information content (AvgIpc) is 3.41. The van der Waals surface area contributed by atoms with Gasteiger partial charge in [-0.05, 0) is 57.0 Å². The van der Waals surface area contributed by atoms with Crippen molar-refractivity contribution in [3.05, 3.63) is 12.7 Å². The van der Waals surface area contributed by atoms with E-state index in [1.54, 1.807) is 41.5 Å². The molecule has 260 valence electrons. The lowest BCUT2D eigenvalue weighted by atomic mass is 9.95. The predicted octanol–water partition coefficient (Wildman–Crippen LogP) is 7.79.